The summed E-state index contributed by atoms with van der Waals surface area (Å²) in [6.07, 6.45) is 50.1. The molecule has 57 heavy (non-hydrogen) atoms. The maximum absolute atomic E-state index is 12.9. The van der Waals surface area contributed by atoms with E-state index in [4.69, 9.17) is 9.05 Å². The van der Waals surface area contributed by atoms with Gasteiger partial charge < -0.3 is 28.8 Å². The van der Waals surface area contributed by atoms with Gasteiger partial charge in [0.25, 0.3) is 7.82 Å². The highest BCUT2D eigenvalue weighted by molar-refractivity contribution is 7.45. The molecule has 0 bridgehead atoms. The first-order valence-electron chi connectivity index (χ1n) is 23.5. The van der Waals surface area contributed by atoms with Crippen molar-refractivity contribution >= 4 is 13.7 Å². The molecule has 0 aliphatic heterocycles. The average molecular weight is 823 g/mol. The van der Waals surface area contributed by atoms with E-state index in [2.05, 4.69) is 55.6 Å². The summed E-state index contributed by atoms with van der Waals surface area (Å²) in [5.41, 5.74) is 0. The van der Waals surface area contributed by atoms with E-state index in [-0.39, 0.29) is 19.1 Å². The van der Waals surface area contributed by atoms with Gasteiger partial charge in [-0.05, 0) is 51.4 Å². The van der Waals surface area contributed by atoms with Crippen LogP contribution in [0.3, 0.4) is 0 Å². The summed E-state index contributed by atoms with van der Waals surface area (Å²) in [4.78, 5) is 25.3. The van der Waals surface area contributed by atoms with Crippen LogP contribution in [0.4, 0.5) is 0 Å². The van der Waals surface area contributed by atoms with E-state index in [1.165, 1.54) is 109 Å². The molecule has 0 aliphatic rings. The van der Waals surface area contributed by atoms with Gasteiger partial charge in [0, 0.05) is 6.42 Å². The van der Waals surface area contributed by atoms with Crippen molar-refractivity contribution in [1.29, 1.82) is 0 Å². The lowest BCUT2D eigenvalue weighted by molar-refractivity contribution is -0.870. The van der Waals surface area contributed by atoms with Crippen LogP contribution in [0, 0.1) is 0 Å². The number of nitrogens with one attached hydrogen (secondary N) is 1. The first-order chi connectivity index (χ1) is 27.5. The zero-order valence-corrected chi connectivity index (χ0v) is 38.7. The molecule has 334 valence electrons. The third-order valence-electron chi connectivity index (χ3n) is 10.3. The monoisotopic (exact) mass is 823 g/mol. The number of nitrogens with zero attached hydrogens (tertiary/aromatic N) is 1. The van der Waals surface area contributed by atoms with Crippen molar-refractivity contribution in [2.75, 3.05) is 40.9 Å². The lowest BCUT2D eigenvalue weighted by Gasteiger charge is -2.29. The Morgan fingerprint density at radius 2 is 1.07 bits per heavy atom. The fraction of sp³-hybridized carbons (Fsp3) is 0.812. The van der Waals surface area contributed by atoms with Gasteiger partial charge >= 0.3 is 0 Å². The topological polar surface area (TPSA) is 108 Å². The summed E-state index contributed by atoms with van der Waals surface area (Å²) in [6.45, 7) is 4.53. The summed E-state index contributed by atoms with van der Waals surface area (Å²) < 4.78 is 23.2. The molecule has 0 radical (unpaired) electrons. The first kappa shape index (κ1) is 55.5. The number of likely N-dealkylation sites (N-methyl/N-ethyl adjacent to an activating group) is 1. The van der Waals surface area contributed by atoms with Crippen molar-refractivity contribution in [2.45, 2.75) is 212 Å². The minimum absolute atomic E-state index is 0.00440. The van der Waals surface area contributed by atoms with E-state index in [1.807, 2.05) is 27.2 Å². The molecule has 3 atom stereocenters. The molecule has 0 aromatic heterocycles. The van der Waals surface area contributed by atoms with Gasteiger partial charge in [0.05, 0.1) is 39.9 Å². The second-order valence-electron chi connectivity index (χ2n) is 17.1. The molecule has 0 rings (SSSR count). The van der Waals surface area contributed by atoms with Gasteiger partial charge in [-0.1, -0.05) is 191 Å². The summed E-state index contributed by atoms with van der Waals surface area (Å²) in [6, 6.07) is -0.892. The first-order valence-corrected chi connectivity index (χ1v) is 25.0. The Labute approximate surface area is 352 Å². The molecular formula is C48H91N2O6P. The number of quaternary nitrogens is 1. The number of phosphoric ester groups is 1. The maximum Gasteiger partial charge on any atom is 0.268 e. The molecule has 0 spiro atoms. The van der Waals surface area contributed by atoms with E-state index < -0.39 is 20.0 Å². The van der Waals surface area contributed by atoms with Gasteiger partial charge in [-0.25, -0.2) is 0 Å². The normalized spacial score (nSPS) is 14.7. The van der Waals surface area contributed by atoms with Gasteiger partial charge in [-0.15, -0.1) is 0 Å². The molecule has 1 amide bonds. The van der Waals surface area contributed by atoms with Crippen LogP contribution >= 0.6 is 7.82 Å². The second-order valence-corrected chi connectivity index (χ2v) is 18.5. The van der Waals surface area contributed by atoms with Crippen molar-refractivity contribution < 1.29 is 32.9 Å². The number of hydrogen-bond donors (Lipinski definition) is 2. The molecule has 0 aromatic carbocycles. The van der Waals surface area contributed by atoms with E-state index in [1.54, 1.807) is 6.08 Å². The minimum Gasteiger partial charge on any atom is -0.756 e. The number of carbonyl (C=O) groups is 1. The van der Waals surface area contributed by atoms with Crippen molar-refractivity contribution in [1.82, 2.24) is 5.32 Å². The molecule has 0 saturated carbocycles. The SMILES string of the molecule is CC/C=C\C/C=C\C/C=C\CCCCCCCCCC(=O)NC(COP(=O)([O-])OCC[N+](C)(C)C)C(O)/C=C/CCCCCCCCCCCCCCCCCC. The number of carbonyl (C=O) groups excluding carboxylic acids is 1. The standard InChI is InChI=1S/C48H91N2O6P/c1-6-8-10-12-14-16-18-20-22-24-26-27-29-31-33-35-37-39-41-47(51)46(45-56-57(53,54)55-44-43-50(3,4)5)49-48(52)42-40-38-36-34-32-30-28-25-23-21-19-17-15-13-11-9-7-2/h9,11,15,17,21,23,39,41,46-47,51H,6-8,10,12-14,16,18-20,22,24-38,40,42-45H2,1-5H3,(H-,49,52,53,54)/b11-9-,17-15-,23-21-,41-39+. The highest BCUT2D eigenvalue weighted by Crippen LogP contribution is 2.38. The Hall–Kier alpha value is -1.54. The van der Waals surface area contributed by atoms with Crippen LogP contribution in [0.5, 0.6) is 0 Å². The number of rotatable bonds is 42. The number of unbranched alkanes of at least 4 members (excludes halogenated alkanes) is 23. The van der Waals surface area contributed by atoms with Gasteiger partial charge in [0.15, 0.2) is 0 Å². The fourth-order valence-corrected chi connectivity index (χ4v) is 7.30. The Morgan fingerprint density at radius 3 is 1.56 bits per heavy atom. The van der Waals surface area contributed by atoms with Crippen LogP contribution in [-0.2, 0) is 18.4 Å². The molecular weight excluding hydrogens is 732 g/mol. The zero-order chi connectivity index (χ0) is 42.1. The zero-order valence-electron chi connectivity index (χ0n) is 37.8. The highest BCUT2D eigenvalue weighted by Gasteiger charge is 2.23. The molecule has 3 unspecified atom stereocenters. The number of amides is 1. The fourth-order valence-electron chi connectivity index (χ4n) is 6.58. The quantitative estimate of drug-likeness (QED) is 0.0275. The molecule has 0 aromatic rings. The van der Waals surface area contributed by atoms with Crippen LogP contribution in [0.1, 0.15) is 200 Å². The largest absolute Gasteiger partial charge is 0.756 e. The summed E-state index contributed by atoms with van der Waals surface area (Å²) in [5.74, 6) is -0.209. The van der Waals surface area contributed by atoms with Crippen LogP contribution < -0.4 is 10.2 Å². The molecule has 8 nitrogen and oxygen atoms in total. The van der Waals surface area contributed by atoms with Crippen molar-refractivity contribution in [3.8, 4) is 0 Å². The van der Waals surface area contributed by atoms with Crippen LogP contribution in [0.25, 0.3) is 0 Å². The number of aliphatic hydroxyl groups is 1. The van der Waals surface area contributed by atoms with Gasteiger partial charge in [-0.2, -0.15) is 0 Å². The predicted octanol–water partition coefficient (Wildman–Crippen LogP) is 12.6. The number of allylic oxidation sites excluding steroid dienone is 7. The van der Waals surface area contributed by atoms with E-state index in [9.17, 15) is 19.4 Å². The van der Waals surface area contributed by atoms with E-state index >= 15 is 0 Å². The van der Waals surface area contributed by atoms with Crippen molar-refractivity contribution in [3.63, 3.8) is 0 Å². The van der Waals surface area contributed by atoms with E-state index in [0.717, 1.165) is 70.6 Å². The number of phosphoric acid groups is 1. The molecule has 2 N–H and O–H groups in total. The van der Waals surface area contributed by atoms with Crippen LogP contribution in [0.15, 0.2) is 48.6 Å². The van der Waals surface area contributed by atoms with Gasteiger partial charge in [0.2, 0.25) is 5.91 Å². The molecule has 0 aliphatic carbocycles. The lowest BCUT2D eigenvalue weighted by Crippen LogP contribution is -2.45. The molecule has 0 fully saturated rings. The third kappa shape index (κ3) is 42.4. The number of hydrogen-bond acceptors (Lipinski definition) is 6. The van der Waals surface area contributed by atoms with E-state index in [0.29, 0.717) is 17.4 Å². The number of aliphatic hydroxyl groups excluding tert-OH is 1. The molecule has 0 saturated heterocycles. The van der Waals surface area contributed by atoms with Crippen molar-refractivity contribution in [3.05, 3.63) is 48.6 Å². The Balaban J connectivity index is 4.40. The average Bonchev–Trinajstić information content (AvgIpc) is 3.16. The minimum atomic E-state index is -4.59. The summed E-state index contributed by atoms with van der Waals surface area (Å²) >= 11 is 0. The Kier molecular flexibility index (Phi) is 38.8. The highest BCUT2D eigenvalue weighted by atomic mass is 31.2. The lowest BCUT2D eigenvalue weighted by atomic mass is 10.0. The Bertz CT molecular complexity index is 1070. The predicted molar refractivity (Wildman–Crippen MR) is 242 cm³/mol. The maximum atomic E-state index is 12.9. The third-order valence-corrected chi connectivity index (χ3v) is 11.3. The summed E-state index contributed by atoms with van der Waals surface area (Å²) in [7, 11) is 1.25. The molecule has 0 heterocycles. The summed E-state index contributed by atoms with van der Waals surface area (Å²) in [5, 5.41) is 13.8. The van der Waals surface area contributed by atoms with Crippen LogP contribution in [-0.4, -0.2) is 68.5 Å². The van der Waals surface area contributed by atoms with Crippen molar-refractivity contribution in [2.24, 2.45) is 0 Å². The smallest absolute Gasteiger partial charge is 0.268 e. The van der Waals surface area contributed by atoms with Gasteiger partial charge in [0.1, 0.15) is 13.2 Å². The van der Waals surface area contributed by atoms with Gasteiger partial charge in [-0.3, -0.25) is 9.36 Å². The molecule has 9 heteroatoms. The van der Waals surface area contributed by atoms with Crippen LogP contribution in [0.2, 0.25) is 0 Å². The second kappa shape index (κ2) is 39.9. The Morgan fingerprint density at radius 1 is 0.632 bits per heavy atom.